The van der Waals surface area contributed by atoms with E-state index >= 15 is 0 Å². The van der Waals surface area contributed by atoms with Gasteiger partial charge in [-0.15, -0.1) is 5.10 Å². The number of nitrogens with zero attached hydrogens (tertiary/aromatic N) is 3. The third kappa shape index (κ3) is 3.85. The molecular formula is C20H24N6O3. The van der Waals surface area contributed by atoms with E-state index in [-0.39, 0.29) is 36.8 Å². The van der Waals surface area contributed by atoms with Gasteiger partial charge in [-0.2, -0.15) is 4.98 Å². The molecule has 4 rings (SSSR count). The normalized spacial score (nSPS) is 17.8. The van der Waals surface area contributed by atoms with E-state index in [1.807, 2.05) is 31.2 Å². The molecule has 3 N–H and O–H groups in total. The Morgan fingerprint density at radius 1 is 1.21 bits per heavy atom. The molecule has 1 aliphatic heterocycles. The first-order valence-corrected chi connectivity index (χ1v) is 9.90. The first kappa shape index (κ1) is 19.1. The smallest absolute Gasteiger partial charge is 0.323 e. The summed E-state index contributed by atoms with van der Waals surface area (Å²) < 4.78 is 0. The van der Waals surface area contributed by atoms with Gasteiger partial charge in [-0.3, -0.25) is 24.9 Å². The Morgan fingerprint density at radius 2 is 1.93 bits per heavy atom. The summed E-state index contributed by atoms with van der Waals surface area (Å²) in [4.78, 5) is 42.4. The number of nitrogens with one attached hydrogen (secondary N) is 3. The zero-order valence-electron chi connectivity index (χ0n) is 16.3. The van der Waals surface area contributed by atoms with E-state index in [9.17, 15) is 14.4 Å². The summed E-state index contributed by atoms with van der Waals surface area (Å²) in [5, 5.41) is 12.3. The van der Waals surface area contributed by atoms with E-state index < -0.39 is 5.54 Å². The summed E-state index contributed by atoms with van der Waals surface area (Å²) in [6.45, 7) is 2.23. The van der Waals surface area contributed by atoms with E-state index in [0.717, 1.165) is 24.0 Å². The van der Waals surface area contributed by atoms with Crippen LogP contribution in [0.25, 0.3) is 11.4 Å². The van der Waals surface area contributed by atoms with Gasteiger partial charge in [0.2, 0.25) is 11.9 Å². The quantitative estimate of drug-likeness (QED) is 0.648. The minimum absolute atomic E-state index is 0.155. The fourth-order valence-electron chi connectivity index (χ4n) is 3.94. The van der Waals surface area contributed by atoms with Crippen molar-refractivity contribution in [2.75, 3.05) is 11.9 Å². The highest BCUT2D eigenvalue weighted by molar-refractivity contribution is 6.07. The molecule has 29 heavy (non-hydrogen) atoms. The lowest BCUT2D eigenvalue weighted by Gasteiger charge is -2.19. The van der Waals surface area contributed by atoms with Crippen LogP contribution in [0.15, 0.2) is 24.3 Å². The molecule has 2 heterocycles. The largest absolute Gasteiger partial charge is 0.325 e. The third-order valence-corrected chi connectivity index (χ3v) is 5.55. The molecule has 9 nitrogen and oxygen atoms in total. The maximum absolute atomic E-state index is 12.6. The lowest BCUT2D eigenvalue weighted by Crippen LogP contribution is -2.44. The van der Waals surface area contributed by atoms with Crippen LogP contribution in [-0.4, -0.2) is 50.0 Å². The predicted octanol–water partition coefficient (Wildman–Crippen LogP) is 2.36. The number of hydrogen-bond donors (Lipinski definition) is 3. The Bertz CT molecular complexity index is 930. The number of aromatic amines is 1. The van der Waals surface area contributed by atoms with Gasteiger partial charge in [-0.05, 0) is 26.2 Å². The zero-order chi connectivity index (χ0) is 20.4. The molecule has 0 radical (unpaired) electrons. The molecule has 2 aliphatic rings. The summed E-state index contributed by atoms with van der Waals surface area (Å²) in [6, 6.07) is 7.45. The Morgan fingerprint density at radius 3 is 2.66 bits per heavy atom. The molecule has 1 saturated carbocycles. The van der Waals surface area contributed by atoms with Crippen LogP contribution in [0.2, 0.25) is 0 Å². The van der Waals surface area contributed by atoms with Gasteiger partial charge in [0.1, 0.15) is 5.54 Å². The van der Waals surface area contributed by atoms with Gasteiger partial charge in [0.15, 0.2) is 5.82 Å². The Hall–Kier alpha value is -3.23. The van der Waals surface area contributed by atoms with Crippen molar-refractivity contribution in [3.8, 4) is 11.4 Å². The summed E-state index contributed by atoms with van der Waals surface area (Å²) in [5.41, 5.74) is 1.32. The van der Waals surface area contributed by atoms with Crippen molar-refractivity contribution in [3.63, 3.8) is 0 Å². The number of hydrogen-bond acceptors (Lipinski definition) is 5. The molecule has 1 aromatic heterocycles. The van der Waals surface area contributed by atoms with Gasteiger partial charge in [0.25, 0.3) is 5.91 Å². The van der Waals surface area contributed by atoms with Crippen molar-refractivity contribution in [3.05, 3.63) is 29.8 Å². The summed E-state index contributed by atoms with van der Waals surface area (Å²) >= 11 is 0. The van der Waals surface area contributed by atoms with E-state index in [2.05, 4.69) is 25.8 Å². The summed E-state index contributed by atoms with van der Waals surface area (Å²) in [5.74, 6) is 0.353. The van der Waals surface area contributed by atoms with Crippen molar-refractivity contribution in [1.82, 2.24) is 25.4 Å². The molecule has 0 bridgehead atoms. The lowest BCUT2D eigenvalue weighted by atomic mass is 9.98. The zero-order valence-corrected chi connectivity index (χ0v) is 16.3. The number of amides is 4. The lowest BCUT2D eigenvalue weighted by molar-refractivity contribution is -0.131. The van der Waals surface area contributed by atoms with Crippen molar-refractivity contribution >= 4 is 23.8 Å². The second-order valence-corrected chi connectivity index (χ2v) is 7.70. The molecule has 4 amide bonds. The van der Waals surface area contributed by atoms with Gasteiger partial charge in [-0.25, -0.2) is 4.79 Å². The van der Waals surface area contributed by atoms with Crippen LogP contribution in [0.1, 0.15) is 44.1 Å². The average molecular weight is 396 g/mol. The third-order valence-electron chi connectivity index (χ3n) is 5.55. The van der Waals surface area contributed by atoms with Crippen molar-refractivity contribution < 1.29 is 14.4 Å². The van der Waals surface area contributed by atoms with Crippen LogP contribution in [-0.2, 0) is 9.59 Å². The molecular weight excluding hydrogens is 372 g/mol. The number of benzene rings is 1. The molecule has 1 spiro atoms. The standard InChI is InChI=1S/C20H24N6O3/c1-13-6-8-14(9-7-13)16-22-18(25-24-16)21-15(27)5-4-12-26-17(28)20(23-19(26)29)10-2-3-11-20/h6-9H,2-5,10-12H2,1H3,(H,23,29)(H2,21,22,24,25,27). The van der Waals surface area contributed by atoms with Crippen LogP contribution < -0.4 is 10.6 Å². The molecule has 2 fully saturated rings. The number of anilines is 1. The Balaban J connectivity index is 1.27. The number of urea groups is 1. The van der Waals surface area contributed by atoms with Gasteiger partial charge in [0.05, 0.1) is 0 Å². The average Bonchev–Trinajstić information content (AvgIpc) is 3.40. The number of carbonyl (C=O) groups is 3. The first-order chi connectivity index (χ1) is 14.0. The second kappa shape index (κ2) is 7.65. The van der Waals surface area contributed by atoms with E-state index in [1.54, 1.807) is 0 Å². The van der Waals surface area contributed by atoms with E-state index in [4.69, 9.17) is 0 Å². The number of imide groups is 1. The van der Waals surface area contributed by atoms with Crippen molar-refractivity contribution in [1.29, 1.82) is 0 Å². The predicted molar refractivity (Wildman–Crippen MR) is 106 cm³/mol. The maximum atomic E-state index is 12.6. The molecule has 0 atom stereocenters. The Labute approximate surface area is 168 Å². The van der Waals surface area contributed by atoms with Gasteiger partial charge < -0.3 is 5.32 Å². The van der Waals surface area contributed by atoms with Crippen molar-refractivity contribution in [2.24, 2.45) is 0 Å². The maximum Gasteiger partial charge on any atom is 0.325 e. The van der Waals surface area contributed by atoms with Crippen molar-refractivity contribution in [2.45, 2.75) is 51.0 Å². The highest BCUT2D eigenvalue weighted by atomic mass is 16.2. The van der Waals surface area contributed by atoms with Crippen LogP contribution in [0.3, 0.4) is 0 Å². The number of aryl methyl sites for hydroxylation is 1. The summed E-state index contributed by atoms with van der Waals surface area (Å²) in [6.07, 6.45) is 3.84. The number of rotatable bonds is 6. The minimum atomic E-state index is -0.704. The summed E-state index contributed by atoms with van der Waals surface area (Å²) in [7, 11) is 0. The number of aromatic nitrogens is 3. The molecule has 1 saturated heterocycles. The highest BCUT2D eigenvalue weighted by Crippen LogP contribution is 2.35. The fraction of sp³-hybridized carbons (Fsp3) is 0.450. The van der Waals surface area contributed by atoms with E-state index in [0.29, 0.717) is 25.1 Å². The van der Waals surface area contributed by atoms with Crippen LogP contribution in [0.4, 0.5) is 10.7 Å². The van der Waals surface area contributed by atoms with Gasteiger partial charge >= 0.3 is 6.03 Å². The monoisotopic (exact) mass is 396 g/mol. The Kier molecular flexibility index (Phi) is 5.04. The fourth-order valence-corrected chi connectivity index (χ4v) is 3.94. The topological polar surface area (TPSA) is 120 Å². The minimum Gasteiger partial charge on any atom is -0.323 e. The van der Waals surface area contributed by atoms with Crippen LogP contribution in [0, 0.1) is 6.92 Å². The molecule has 2 aromatic rings. The molecule has 1 aliphatic carbocycles. The number of H-pyrrole nitrogens is 1. The molecule has 152 valence electrons. The van der Waals surface area contributed by atoms with Crippen LogP contribution in [0.5, 0.6) is 0 Å². The second-order valence-electron chi connectivity index (χ2n) is 7.70. The highest BCUT2D eigenvalue weighted by Gasteiger charge is 2.52. The van der Waals surface area contributed by atoms with E-state index in [1.165, 1.54) is 4.90 Å². The first-order valence-electron chi connectivity index (χ1n) is 9.90. The molecule has 1 aromatic carbocycles. The molecule has 9 heteroatoms. The SMILES string of the molecule is Cc1ccc(-c2nc(NC(=O)CCCN3C(=O)NC4(CCCC4)C3=O)n[nH]2)cc1. The van der Waals surface area contributed by atoms with Gasteiger partial charge in [0, 0.05) is 18.5 Å². The van der Waals surface area contributed by atoms with Gasteiger partial charge in [-0.1, -0.05) is 42.7 Å². The molecule has 0 unspecified atom stereocenters. The van der Waals surface area contributed by atoms with Crippen LogP contribution >= 0.6 is 0 Å². The number of carbonyl (C=O) groups excluding carboxylic acids is 3.